The van der Waals surface area contributed by atoms with Crippen LogP contribution < -0.4 is 16.1 Å². The third-order valence-electron chi connectivity index (χ3n) is 2.12. The van der Waals surface area contributed by atoms with E-state index in [1.807, 2.05) is 29.4 Å². The maximum absolute atomic E-state index is 5.88. The molecule has 0 saturated carbocycles. The van der Waals surface area contributed by atoms with Crippen LogP contribution in [0, 0.1) is 0 Å². The SMILES string of the molecule is Clc1ccc2c(c1)=NNN(CCCBr)C=2. The first-order chi connectivity index (χ1) is 7.29. The Labute approximate surface area is 102 Å². The number of hydrogen-bond donors (Lipinski definition) is 1. The number of alkyl halides is 1. The van der Waals surface area contributed by atoms with Gasteiger partial charge in [0.05, 0.1) is 5.36 Å². The van der Waals surface area contributed by atoms with Crippen molar-refractivity contribution in [2.45, 2.75) is 6.42 Å². The Morgan fingerprint density at radius 2 is 2.33 bits per heavy atom. The van der Waals surface area contributed by atoms with Gasteiger partial charge < -0.3 is 0 Å². The largest absolute Gasteiger partial charge is 0.279 e. The van der Waals surface area contributed by atoms with E-state index in [0.29, 0.717) is 5.02 Å². The summed E-state index contributed by atoms with van der Waals surface area (Å²) < 4.78 is 0. The molecule has 80 valence electrons. The fourth-order valence-corrected chi connectivity index (χ4v) is 1.80. The molecule has 0 amide bonds. The maximum Gasteiger partial charge on any atom is 0.0951 e. The minimum absolute atomic E-state index is 0.710. The Bertz CT molecular complexity index is 460. The van der Waals surface area contributed by atoms with Gasteiger partial charge in [0.15, 0.2) is 0 Å². The van der Waals surface area contributed by atoms with Crippen molar-refractivity contribution in [2.24, 2.45) is 5.10 Å². The molecule has 1 aliphatic rings. The van der Waals surface area contributed by atoms with Gasteiger partial charge in [0.1, 0.15) is 0 Å². The zero-order chi connectivity index (χ0) is 10.7. The van der Waals surface area contributed by atoms with Crippen LogP contribution in [0.3, 0.4) is 0 Å². The molecular formula is C10H11BrClN3. The maximum atomic E-state index is 5.88. The number of nitrogens with zero attached hydrogens (tertiary/aromatic N) is 2. The molecule has 0 spiro atoms. The van der Waals surface area contributed by atoms with Crippen molar-refractivity contribution in [3.05, 3.63) is 33.8 Å². The summed E-state index contributed by atoms with van der Waals surface area (Å²) >= 11 is 9.28. The molecule has 0 unspecified atom stereocenters. The molecule has 0 aliphatic carbocycles. The average molecular weight is 289 g/mol. The lowest BCUT2D eigenvalue weighted by Gasteiger charge is -2.21. The summed E-state index contributed by atoms with van der Waals surface area (Å²) in [6, 6.07) is 5.70. The third-order valence-corrected chi connectivity index (χ3v) is 2.91. The molecule has 1 aromatic carbocycles. The highest BCUT2D eigenvalue weighted by molar-refractivity contribution is 9.09. The molecule has 15 heavy (non-hydrogen) atoms. The molecule has 1 aliphatic heterocycles. The third kappa shape index (κ3) is 2.63. The molecule has 0 bridgehead atoms. The lowest BCUT2D eigenvalue weighted by atomic mass is 10.3. The first kappa shape index (κ1) is 10.8. The van der Waals surface area contributed by atoms with Crippen molar-refractivity contribution in [2.75, 3.05) is 11.9 Å². The van der Waals surface area contributed by atoms with E-state index in [1.165, 1.54) is 0 Å². The molecule has 0 fully saturated rings. The second kappa shape index (κ2) is 4.86. The normalized spacial score (nSPS) is 13.6. The van der Waals surface area contributed by atoms with E-state index in [9.17, 15) is 0 Å². The molecule has 0 saturated heterocycles. The topological polar surface area (TPSA) is 27.6 Å². The highest BCUT2D eigenvalue weighted by Crippen LogP contribution is 2.00. The van der Waals surface area contributed by atoms with Crippen LogP contribution in [0.1, 0.15) is 6.42 Å². The molecule has 1 N–H and O–H groups in total. The Hall–Kier alpha value is -0.740. The van der Waals surface area contributed by atoms with Gasteiger partial charge in [-0.05, 0) is 24.6 Å². The van der Waals surface area contributed by atoms with Gasteiger partial charge in [-0.15, -0.1) is 0 Å². The van der Waals surface area contributed by atoms with E-state index >= 15 is 0 Å². The molecule has 0 aromatic heterocycles. The van der Waals surface area contributed by atoms with Gasteiger partial charge in [-0.25, -0.2) is 5.53 Å². The van der Waals surface area contributed by atoms with Crippen molar-refractivity contribution in [1.29, 1.82) is 0 Å². The minimum atomic E-state index is 0.710. The van der Waals surface area contributed by atoms with Gasteiger partial charge >= 0.3 is 0 Å². The quantitative estimate of drug-likeness (QED) is 0.847. The lowest BCUT2D eigenvalue weighted by molar-refractivity contribution is 0.297. The minimum Gasteiger partial charge on any atom is -0.279 e. The van der Waals surface area contributed by atoms with E-state index in [4.69, 9.17) is 11.6 Å². The van der Waals surface area contributed by atoms with Crippen molar-refractivity contribution in [3.63, 3.8) is 0 Å². The van der Waals surface area contributed by atoms with Crippen LogP contribution in [-0.2, 0) is 0 Å². The second-order valence-corrected chi connectivity index (χ2v) is 4.51. The van der Waals surface area contributed by atoms with Crippen LogP contribution in [0.25, 0.3) is 6.20 Å². The van der Waals surface area contributed by atoms with E-state index in [0.717, 1.165) is 28.9 Å². The standard InChI is InChI=1S/C10H11BrClN3/c11-4-1-5-15-7-8-2-3-9(12)6-10(8)13-14-15/h2-3,6-7,14H,1,4-5H2. The highest BCUT2D eigenvalue weighted by Gasteiger charge is 2.02. The van der Waals surface area contributed by atoms with Crippen molar-refractivity contribution in [3.8, 4) is 0 Å². The zero-order valence-electron chi connectivity index (χ0n) is 8.08. The second-order valence-electron chi connectivity index (χ2n) is 3.28. The molecule has 5 heteroatoms. The summed E-state index contributed by atoms with van der Waals surface area (Å²) in [4.78, 5) is 0. The van der Waals surface area contributed by atoms with Crippen LogP contribution in [0.4, 0.5) is 0 Å². The summed E-state index contributed by atoms with van der Waals surface area (Å²) in [5.74, 6) is 0. The fourth-order valence-electron chi connectivity index (χ4n) is 1.38. The molecule has 1 heterocycles. The van der Waals surface area contributed by atoms with Crippen LogP contribution in [0.5, 0.6) is 0 Å². The fraction of sp³-hybridized carbons (Fsp3) is 0.300. The van der Waals surface area contributed by atoms with Crippen LogP contribution >= 0.6 is 27.5 Å². The van der Waals surface area contributed by atoms with E-state index in [-0.39, 0.29) is 0 Å². The van der Waals surface area contributed by atoms with Gasteiger partial charge in [0, 0.05) is 28.3 Å². The van der Waals surface area contributed by atoms with Crippen molar-refractivity contribution in [1.82, 2.24) is 10.5 Å². The zero-order valence-corrected chi connectivity index (χ0v) is 10.4. The van der Waals surface area contributed by atoms with Gasteiger partial charge in [0.2, 0.25) is 0 Å². The molecule has 0 radical (unpaired) electrons. The highest BCUT2D eigenvalue weighted by atomic mass is 79.9. The first-order valence-electron chi connectivity index (χ1n) is 4.73. The van der Waals surface area contributed by atoms with Crippen LogP contribution in [-0.4, -0.2) is 16.9 Å². The Morgan fingerprint density at radius 1 is 1.47 bits per heavy atom. The molecule has 1 aromatic rings. The summed E-state index contributed by atoms with van der Waals surface area (Å²) in [6.07, 6.45) is 3.11. The predicted octanol–water partition coefficient (Wildman–Crippen LogP) is 1.22. The summed E-state index contributed by atoms with van der Waals surface area (Å²) in [5.41, 5.74) is 2.96. The van der Waals surface area contributed by atoms with Crippen LogP contribution in [0.2, 0.25) is 5.02 Å². The Kier molecular flexibility index (Phi) is 3.49. The number of rotatable bonds is 3. The number of fused-ring (bicyclic) bond motifs is 1. The molecule has 0 atom stereocenters. The van der Waals surface area contributed by atoms with Gasteiger partial charge in [-0.3, -0.25) is 5.01 Å². The summed E-state index contributed by atoms with van der Waals surface area (Å²) in [5, 5.41) is 9.88. The Balaban J connectivity index is 2.25. The summed E-state index contributed by atoms with van der Waals surface area (Å²) in [6.45, 7) is 0.927. The first-order valence-corrected chi connectivity index (χ1v) is 6.23. The predicted molar refractivity (Wildman–Crippen MR) is 65.0 cm³/mol. The number of nitrogens with one attached hydrogen (secondary N) is 1. The number of halogens is 2. The van der Waals surface area contributed by atoms with Gasteiger partial charge in [-0.1, -0.05) is 27.5 Å². The molecule has 3 nitrogen and oxygen atoms in total. The molecule has 2 rings (SSSR count). The van der Waals surface area contributed by atoms with Gasteiger partial charge in [-0.2, -0.15) is 5.10 Å². The molecular weight excluding hydrogens is 277 g/mol. The average Bonchev–Trinajstić information content (AvgIpc) is 2.26. The van der Waals surface area contributed by atoms with E-state index < -0.39 is 0 Å². The summed E-state index contributed by atoms with van der Waals surface area (Å²) in [7, 11) is 0. The number of hydrazine groups is 1. The van der Waals surface area contributed by atoms with E-state index in [2.05, 4.69) is 26.6 Å². The van der Waals surface area contributed by atoms with E-state index in [1.54, 1.807) is 0 Å². The van der Waals surface area contributed by atoms with Crippen molar-refractivity contribution < 1.29 is 0 Å². The van der Waals surface area contributed by atoms with Crippen LogP contribution in [0.15, 0.2) is 23.3 Å². The number of benzene rings is 1. The smallest absolute Gasteiger partial charge is 0.0951 e. The monoisotopic (exact) mass is 287 g/mol. The lowest BCUT2D eigenvalue weighted by Crippen LogP contribution is -2.42. The van der Waals surface area contributed by atoms with Crippen molar-refractivity contribution >= 4 is 33.7 Å². The Morgan fingerprint density at radius 3 is 3.13 bits per heavy atom. The number of hydrogen-bond acceptors (Lipinski definition) is 3. The van der Waals surface area contributed by atoms with Gasteiger partial charge in [0.25, 0.3) is 0 Å².